The van der Waals surface area contributed by atoms with Gasteiger partial charge in [-0.25, -0.2) is 9.18 Å². The monoisotopic (exact) mass is 501 g/mol. The lowest BCUT2D eigenvalue weighted by atomic mass is 9.89. The number of H-pyrrole nitrogens is 1. The summed E-state index contributed by atoms with van der Waals surface area (Å²) in [6.45, 7) is 2.53. The second-order valence-electron chi connectivity index (χ2n) is 9.36. The second-order valence-corrected chi connectivity index (χ2v) is 9.36. The van der Waals surface area contributed by atoms with Crippen LogP contribution in [0, 0.1) is 11.7 Å². The van der Waals surface area contributed by atoms with Crippen molar-refractivity contribution >= 4 is 16.7 Å². The molecule has 0 radical (unpaired) electrons. The Bertz CT molecular complexity index is 1500. The lowest BCUT2D eigenvalue weighted by molar-refractivity contribution is 0.0837. The van der Waals surface area contributed by atoms with Gasteiger partial charge in [-0.15, -0.1) is 0 Å². The molecule has 1 aliphatic rings. The van der Waals surface area contributed by atoms with Crippen LogP contribution in [0.25, 0.3) is 10.9 Å². The number of benzene rings is 3. The third-order valence-electron chi connectivity index (χ3n) is 6.93. The maximum atomic E-state index is 13.2. The molecule has 5 rings (SSSR count). The van der Waals surface area contributed by atoms with Gasteiger partial charge in [0.25, 0.3) is 5.56 Å². The number of aromatic amines is 1. The molecular weight excluding hydrogens is 473 g/mol. The fourth-order valence-electron chi connectivity index (χ4n) is 4.77. The number of ether oxygens (including phenoxy) is 1. The first-order valence-corrected chi connectivity index (χ1v) is 12.4. The zero-order valence-electron chi connectivity index (χ0n) is 20.4. The number of carbonyl (C=O) groups is 1. The zero-order valence-corrected chi connectivity index (χ0v) is 20.4. The van der Waals surface area contributed by atoms with Gasteiger partial charge in [-0.05, 0) is 74.0 Å². The quantitative estimate of drug-likeness (QED) is 0.369. The molecule has 8 heteroatoms. The molecule has 37 heavy (non-hydrogen) atoms. The Morgan fingerprint density at radius 3 is 2.41 bits per heavy atom. The Kier molecular flexibility index (Phi) is 7.28. The summed E-state index contributed by atoms with van der Waals surface area (Å²) in [5, 5.41) is 0.397. The highest BCUT2D eigenvalue weighted by atomic mass is 19.1. The molecule has 1 aliphatic heterocycles. The van der Waals surface area contributed by atoms with Crippen LogP contribution in [0.3, 0.4) is 0 Å². The van der Waals surface area contributed by atoms with E-state index >= 15 is 0 Å². The topological polar surface area (TPSA) is 84.4 Å². The lowest BCUT2D eigenvalue weighted by Gasteiger charge is -2.31. The number of likely N-dealkylation sites (tertiary alicyclic amines) is 1. The van der Waals surface area contributed by atoms with E-state index in [2.05, 4.69) is 9.88 Å². The van der Waals surface area contributed by atoms with Crippen LogP contribution >= 0.6 is 0 Å². The molecule has 2 heterocycles. The predicted molar refractivity (Wildman–Crippen MR) is 139 cm³/mol. The number of carbonyl (C=O) groups excluding carboxylic acids is 1. The molecule has 190 valence electrons. The van der Waals surface area contributed by atoms with E-state index in [1.807, 2.05) is 30.3 Å². The van der Waals surface area contributed by atoms with E-state index in [4.69, 9.17) is 4.74 Å². The fourth-order valence-corrected chi connectivity index (χ4v) is 4.77. The van der Waals surface area contributed by atoms with Gasteiger partial charge in [0.05, 0.1) is 10.9 Å². The molecule has 7 nitrogen and oxygen atoms in total. The third-order valence-corrected chi connectivity index (χ3v) is 6.93. The van der Waals surface area contributed by atoms with E-state index in [9.17, 15) is 18.8 Å². The summed E-state index contributed by atoms with van der Waals surface area (Å²) < 4.78 is 20.2. The van der Waals surface area contributed by atoms with Crippen LogP contribution in [0.4, 0.5) is 4.39 Å². The van der Waals surface area contributed by atoms with Gasteiger partial charge < -0.3 is 14.6 Å². The van der Waals surface area contributed by atoms with Crippen molar-refractivity contribution in [2.45, 2.75) is 26.0 Å². The molecule has 0 saturated carbocycles. The predicted octanol–water partition coefficient (Wildman–Crippen LogP) is 4.00. The largest absolute Gasteiger partial charge is 0.489 e. The van der Waals surface area contributed by atoms with Crippen molar-refractivity contribution < 1.29 is 13.9 Å². The minimum Gasteiger partial charge on any atom is -0.489 e. The van der Waals surface area contributed by atoms with Gasteiger partial charge in [0.1, 0.15) is 18.2 Å². The summed E-state index contributed by atoms with van der Waals surface area (Å²) >= 11 is 0. The molecule has 3 aromatic carbocycles. The molecule has 1 N–H and O–H groups in total. The van der Waals surface area contributed by atoms with Gasteiger partial charge in [-0.1, -0.05) is 30.3 Å². The highest BCUT2D eigenvalue weighted by Gasteiger charge is 2.26. The number of ketones is 1. The Labute approximate surface area is 213 Å². The molecule has 0 spiro atoms. The van der Waals surface area contributed by atoms with Crippen molar-refractivity contribution in [1.82, 2.24) is 14.5 Å². The van der Waals surface area contributed by atoms with Gasteiger partial charge in [-0.2, -0.15) is 0 Å². The first kappa shape index (κ1) is 24.6. The van der Waals surface area contributed by atoms with Crippen LogP contribution < -0.4 is 16.0 Å². The Morgan fingerprint density at radius 2 is 1.68 bits per heavy atom. The van der Waals surface area contributed by atoms with Crippen LogP contribution in [0.2, 0.25) is 0 Å². The molecule has 0 atom stereocenters. The van der Waals surface area contributed by atoms with Gasteiger partial charge in [0.15, 0.2) is 5.78 Å². The van der Waals surface area contributed by atoms with Gasteiger partial charge in [0.2, 0.25) is 0 Å². The normalized spacial score (nSPS) is 14.6. The van der Waals surface area contributed by atoms with E-state index < -0.39 is 5.69 Å². The summed E-state index contributed by atoms with van der Waals surface area (Å²) in [5.74, 6) is 0.121. The van der Waals surface area contributed by atoms with E-state index in [-0.39, 0.29) is 29.6 Å². The summed E-state index contributed by atoms with van der Waals surface area (Å²) in [5.41, 5.74) is 1.21. The smallest absolute Gasteiger partial charge is 0.328 e. The summed E-state index contributed by atoms with van der Waals surface area (Å²) in [7, 11) is 0. The van der Waals surface area contributed by atoms with Crippen molar-refractivity contribution in [2.24, 2.45) is 5.92 Å². The average molecular weight is 502 g/mol. The molecular formula is C29H28FN3O4. The van der Waals surface area contributed by atoms with Gasteiger partial charge >= 0.3 is 5.69 Å². The molecule has 1 fully saturated rings. The maximum Gasteiger partial charge on any atom is 0.328 e. The molecule has 0 amide bonds. The minimum absolute atomic E-state index is 0.0344. The highest BCUT2D eigenvalue weighted by Crippen LogP contribution is 2.22. The van der Waals surface area contributed by atoms with Crippen molar-refractivity contribution in [3.05, 3.63) is 111 Å². The number of aromatic nitrogens is 2. The minimum atomic E-state index is -0.447. The molecule has 0 bridgehead atoms. The standard InChI is InChI=1S/C29H28FN3O4/c30-23-8-6-21(7-9-23)27(34)22-12-14-32(15-13-22)16-17-33-28(35)25-18-24(10-11-26(25)31-29(33)36)37-19-20-4-2-1-3-5-20/h1-11,18,22H,12-17,19H2,(H,31,36). The van der Waals surface area contributed by atoms with Crippen molar-refractivity contribution in [3.8, 4) is 5.75 Å². The number of hydrogen-bond donors (Lipinski definition) is 1. The van der Waals surface area contributed by atoms with Crippen LogP contribution in [-0.4, -0.2) is 39.9 Å². The van der Waals surface area contributed by atoms with Gasteiger partial charge in [-0.3, -0.25) is 14.2 Å². The summed E-state index contributed by atoms with van der Waals surface area (Å²) in [4.78, 5) is 43.5. The number of nitrogens with one attached hydrogen (secondary N) is 1. The van der Waals surface area contributed by atoms with Gasteiger partial charge in [0, 0.05) is 24.6 Å². The maximum absolute atomic E-state index is 13.2. The number of rotatable bonds is 8. The van der Waals surface area contributed by atoms with E-state index in [1.54, 1.807) is 18.2 Å². The number of hydrogen-bond acceptors (Lipinski definition) is 5. The number of nitrogens with zero attached hydrogens (tertiary/aromatic N) is 2. The lowest BCUT2D eigenvalue weighted by Crippen LogP contribution is -2.42. The zero-order chi connectivity index (χ0) is 25.8. The van der Waals surface area contributed by atoms with E-state index in [1.165, 1.54) is 28.8 Å². The highest BCUT2D eigenvalue weighted by molar-refractivity contribution is 5.97. The average Bonchev–Trinajstić information content (AvgIpc) is 2.93. The Morgan fingerprint density at radius 1 is 0.946 bits per heavy atom. The fraction of sp³-hybridized carbons (Fsp3) is 0.276. The number of Topliss-reactive ketones (excluding diaryl/α,β-unsaturated/α-hetero) is 1. The number of fused-ring (bicyclic) bond motifs is 1. The van der Waals surface area contributed by atoms with E-state index in [0.29, 0.717) is 61.3 Å². The molecule has 4 aromatic rings. The first-order chi connectivity index (χ1) is 18.0. The Balaban J connectivity index is 1.22. The molecule has 1 aromatic heterocycles. The molecule has 1 saturated heterocycles. The van der Waals surface area contributed by atoms with Crippen LogP contribution in [0.5, 0.6) is 5.75 Å². The SMILES string of the molecule is O=C(c1ccc(F)cc1)C1CCN(CCn2c(=O)[nH]c3ccc(OCc4ccccc4)cc3c2=O)CC1. The van der Waals surface area contributed by atoms with Crippen molar-refractivity contribution in [3.63, 3.8) is 0 Å². The molecule has 0 unspecified atom stereocenters. The number of halogens is 1. The second kappa shape index (κ2) is 10.9. The first-order valence-electron chi connectivity index (χ1n) is 12.4. The summed E-state index contributed by atoms with van der Waals surface area (Å²) in [6.07, 6.45) is 1.36. The van der Waals surface area contributed by atoms with Crippen LogP contribution in [0.15, 0.2) is 82.4 Å². The number of piperidine rings is 1. The molecule has 0 aliphatic carbocycles. The van der Waals surface area contributed by atoms with Crippen LogP contribution in [-0.2, 0) is 13.2 Å². The van der Waals surface area contributed by atoms with Crippen molar-refractivity contribution in [1.29, 1.82) is 0 Å². The Hall–Kier alpha value is -4.04. The van der Waals surface area contributed by atoms with Crippen molar-refractivity contribution in [2.75, 3.05) is 19.6 Å². The van der Waals surface area contributed by atoms with Crippen LogP contribution in [0.1, 0.15) is 28.8 Å². The summed E-state index contributed by atoms with van der Waals surface area (Å²) in [6, 6.07) is 20.5. The third kappa shape index (κ3) is 5.70. The van der Waals surface area contributed by atoms with E-state index in [0.717, 1.165) is 5.56 Å².